The highest BCUT2D eigenvalue weighted by Gasteiger charge is 2.32. The number of rotatable bonds is 9. The van der Waals surface area contributed by atoms with Crippen LogP contribution in [0.15, 0.2) is 18.2 Å². The van der Waals surface area contributed by atoms with Crippen LogP contribution in [0, 0.1) is 13.8 Å². The molecule has 0 spiro atoms. The normalized spacial score (nSPS) is 16.6. The fourth-order valence-corrected chi connectivity index (χ4v) is 4.71. The first kappa shape index (κ1) is 22.6. The lowest BCUT2D eigenvalue weighted by Gasteiger charge is -2.31. The maximum atomic E-state index is 12.8. The number of aryl methyl sites for hydroxylation is 2. The summed E-state index contributed by atoms with van der Waals surface area (Å²) in [5, 5.41) is 2.93. The minimum Gasteiger partial charge on any atom is -0.379 e. The van der Waals surface area contributed by atoms with E-state index in [0.717, 1.165) is 56.7 Å². The summed E-state index contributed by atoms with van der Waals surface area (Å²) in [7, 11) is -3.61. The zero-order valence-corrected chi connectivity index (χ0v) is 18.2. The quantitative estimate of drug-likeness (QED) is 0.626. The Morgan fingerprint density at radius 2 is 1.96 bits per heavy atom. The van der Waals surface area contributed by atoms with E-state index in [4.69, 9.17) is 4.74 Å². The highest BCUT2D eigenvalue weighted by molar-refractivity contribution is 7.92. The molecule has 0 bridgehead atoms. The average Bonchev–Trinajstić information content (AvgIpc) is 2.65. The number of nitrogens with zero attached hydrogens (tertiary/aromatic N) is 2. The van der Waals surface area contributed by atoms with E-state index in [1.165, 1.54) is 4.31 Å². The van der Waals surface area contributed by atoms with E-state index in [1.54, 1.807) is 0 Å². The number of benzene rings is 1. The molecule has 1 aliphatic rings. The van der Waals surface area contributed by atoms with Crippen LogP contribution in [0.2, 0.25) is 0 Å². The van der Waals surface area contributed by atoms with Crippen LogP contribution in [-0.2, 0) is 19.6 Å². The summed E-state index contributed by atoms with van der Waals surface area (Å²) in [5.41, 5.74) is 2.35. The molecule has 1 amide bonds. The number of carbonyl (C=O) groups is 1. The van der Waals surface area contributed by atoms with Gasteiger partial charge in [0.2, 0.25) is 15.9 Å². The number of morpholine rings is 1. The number of anilines is 1. The van der Waals surface area contributed by atoms with Gasteiger partial charge in [0.1, 0.15) is 6.04 Å². The van der Waals surface area contributed by atoms with E-state index >= 15 is 0 Å². The van der Waals surface area contributed by atoms with Gasteiger partial charge < -0.3 is 10.1 Å². The molecule has 1 aromatic carbocycles. The Kier molecular flexibility index (Phi) is 8.27. The van der Waals surface area contributed by atoms with Gasteiger partial charge >= 0.3 is 0 Å². The van der Waals surface area contributed by atoms with Crippen molar-refractivity contribution in [1.82, 2.24) is 10.2 Å². The predicted octanol–water partition coefficient (Wildman–Crippen LogP) is 1.69. The Balaban J connectivity index is 2.06. The van der Waals surface area contributed by atoms with E-state index in [1.807, 2.05) is 39.0 Å². The standard InChI is InChI=1S/C20H33N3O4S/c1-5-18(20(24)21-9-6-10-22-11-13-27-14-12-22)23(28(4,25)26)19-15-16(2)7-8-17(19)3/h7-8,15,18H,5-6,9-14H2,1-4H3,(H,21,24)/t18-/m0/s1. The summed E-state index contributed by atoms with van der Waals surface area (Å²) in [5.74, 6) is -0.254. The highest BCUT2D eigenvalue weighted by Crippen LogP contribution is 2.27. The predicted molar refractivity (Wildman–Crippen MR) is 112 cm³/mol. The molecule has 158 valence electrons. The first-order valence-electron chi connectivity index (χ1n) is 9.88. The van der Waals surface area contributed by atoms with Crippen molar-refractivity contribution >= 4 is 21.6 Å². The maximum absolute atomic E-state index is 12.8. The number of hydrogen-bond acceptors (Lipinski definition) is 5. The third kappa shape index (κ3) is 6.18. The first-order chi connectivity index (χ1) is 13.2. The number of amides is 1. The number of hydrogen-bond donors (Lipinski definition) is 1. The van der Waals surface area contributed by atoms with Crippen molar-refractivity contribution in [2.75, 3.05) is 50.0 Å². The Morgan fingerprint density at radius 1 is 1.29 bits per heavy atom. The van der Waals surface area contributed by atoms with E-state index in [0.29, 0.717) is 18.7 Å². The van der Waals surface area contributed by atoms with Gasteiger partial charge in [-0.15, -0.1) is 0 Å². The second kappa shape index (κ2) is 10.2. The molecule has 1 heterocycles. The number of ether oxygens (including phenoxy) is 1. The molecule has 0 saturated carbocycles. The molecule has 7 nitrogen and oxygen atoms in total. The minimum atomic E-state index is -3.61. The molecule has 1 atom stereocenters. The van der Waals surface area contributed by atoms with Crippen molar-refractivity contribution in [1.29, 1.82) is 0 Å². The minimum absolute atomic E-state index is 0.254. The monoisotopic (exact) mass is 411 g/mol. The molecule has 8 heteroatoms. The van der Waals surface area contributed by atoms with Gasteiger partial charge in [-0.05, 0) is 50.4 Å². The molecule has 0 radical (unpaired) electrons. The number of nitrogens with one attached hydrogen (secondary N) is 1. The number of sulfonamides is 1. The van der Waals surface area contributed by atoms with Gasteiger partial charge in [-0.25, -0.2) is 8.42 Å². The molecule has 28 heavy (non-hydrogen) atoms. The molecular formula is C20H33N3O4S. The summed E-state index contributed by atoms with van der Waals surface area (Å²) in [4.78, 5) is 15.1. The van der Waals surface area contributed by atoms with Gasteiger partial charge in [-0.3, -0.25) is 14.0 Å². The van der Waals surface area contributed by atoms with Crippen LogP contribution < -0.4 is 9.62 Å². The van der Waals surface area contributed by atoms with Crippen LogP contribution in [-0.4, -0.2) is 70.9 Å². The lowest BCUT2D eigenvalue weighted by Crippen LogP contribution is -2.50. The van der Waals surface area contributed by atoms with Crippen LogP contribution in [0.25, 0.3) is 0 Å². The summed E-state index contributed by atoms with van der Waals surface area (Å²) < 4.78 is 31.7. The third-order valence-electron chi connectivity index (χ3n) is 4.99. The van der Waals surface area contributed by atoms with Crippen molar-refractivity contribution in [2.24, 2.45) is 0 Å². The van der Waals surface area contributed by atoms with Gasteiger partial charge in [-0.1, -0.05) is 19.1 Å². The zero-order valence-electron chi connectivity index (χ0n) is 17.4. The summed E-state index contributed by atoms with van der Waals surface area (Å²) in [6.45, 7) is 10.4. The molecular weight excluding hydrogens is 378 g/mol. The van der Waals surface area contributed by atoms with Gasteiger partial charge in [0.05, 0.1) is 25.2 Å². The van der Waals surface area contributed by atoms with E-state index < -0.39 is 16.1 Å². The van der Waals surface area contributed by atoms with E-state index in [9.17, 15) is 13.2 Å². The molecule has 1 saturated heterocycles. The molecule has 1 fully saturated rings. The lowest BCUT2D eigenvalue weighted by atomic mass is 10.1. The van der Waals surface area contributed by atoms with Crippen LogP contribution >= 0.6 is 0 Å². The molecule has 1 aliphatic heterocycles. The van der Waals surface area contributed by atoms with Crippen LogP contribution in [0.3, 0.4) is 0 Å². The Hall–Kier alpha value is -1.64. The highest BCUT2D eigenvalue weighted by atomic mass is 32.2. The van der Waals surface area contributed by atoms with Crippen molar-refractivity contribution in [3.63, 3.8) is 0 Å². The first-order valence-corrected chi connectivity index (χ1v) is 11.7. The Morgan fingerprint density at radius 3 is 2.57 bits per heavy atom. The third-order valence-corrected chi connectivity index (χ3v) is 6.15. The SMILES string of the molecule is CC[C@@H](C(=O)NCCCN1CCOCC1)N(c1cc(C)ccc1C)S(C)(=O)=O. The van der Waals surface area contributed by atoms with Crippen LogP contribution in [0.5, 0.6) is 0 Å². The Labute approximate surface area is 169 Å². The fraction of sp³-hybridized carbons (Fsp3) is 0.650. The van der Waals surface area contributed by atoms with Gasteiger partial charge in [0, 0.05) is 19.6 Å². The second-order valence-electron chi connectivity index (χ2n) is 7.37. The van der Waals surface area contributed by atoms with Crippen molar-refractivity contribution in [3.05, 3.63) is 29.3 Å². The van der Waals surface area contributed by atoms with Crippen LogP contribution in [0.4, 0.5) is 5.69 Å². The van der Waals surface area contributed by atoms with Crippen molar-refractivity contribution in [3.8, 4) is 0 Å². The molecule has 0 unspecified atom stereocenters. The van der Waals surface area contributed by atoms with E-state index in [2.05, 4.69) is 10.2 Å². The molecule has 2 rings (SSSR count). The topological polar surface area (TPSA) is 79.0 Å². The number of carbonyl (C=O) groups excluding carboxylic acids is 1. The summed E-state index contributed by atoms with van der Waals surface area (Å²) in [6.07, 6.45) is 2.38. The summed E-state index contributed by atoms with van der Waals surface area (Å²) in [6, 6.07) is 4.88. The van der Waals surface area contributed by atoms with Crippen molar-refractivity contribution in [2.45, 2.75) is 39.7 Å². The maximum Gasteiger partial charge on any atom is 0.243 e. The van der Waals surface area contributed by atoms with Gasteiger partial charge in [0.15, 0.2) is 0 Å². The fourth-order valence-electron chi connectivity index (χ4n) is 3.45. The molecule has 0 aromatic heterocycles. The zero-order chi connectivity index (χ0) is 20.7. The average molecular weight is 412 g/mol. The molecule has 0 aliphatic carbocycles. The largest absolute Gasteiger partial charge is 0.379 e. The van der Waals surface area contributed by atoms with Crippen LogP contribution in [0.1, 0.15) is 30.9 Å². The lowest BCUT2D eigenvalue weighted by molar-refractivity contribution is -0.122. The smallest absolute Gasteiger partial charge is 0.243 e. The Bertz CT molecular complexity index is 761. The molecule has 1 N–H and O–H groups in total. The van der Waals surface area contributed by atoms with Gasteiger partial charge in [0.25, 0.3) is 0 Å². The molecule has 1 aromatic rings. The second-order valence-corrected chi connectivity index (χ2v) is 9.23. The summed E-state index contributed by atoms with van der Waals surface area (Å²) >= 11 is 0. The van der Waals surface area contributed by atoms with Crippen molar-refractivity contribution < 1.29 is 17.9 Å². The van der Waals surface area contributed by atoms with Gasteiger partial charge in [-0.2, -0.15) is 0 Å². The van der Waals surface area contributed by atoms with E-state index in [-0.39, 0.29) is 5.91 Å².